The molecule has 6 heteroatoms. The molecule has 0 bridgehead atoms. The summed E-state index contributed by atoms with van der Waals surface area (Å²) in [5.41, 5.74) is 0. The Morgan fingerprint density at radius 1 is 1.32 bits per heavy atom. The molecule has 0 spiro atoms. The van der Waals surface area contributed by atoms with E-state index in [0.717, 1.165) is 32.0 Å². The molecular weight excluding hydrogens is 351 g/mol. The van der Waals surface area contributed by atoms with Gasteiger partial charge in [-0.05, 0) is 59.8 Å². The van der Waals surface area contributed by atoms with Gasteiger partial charge in [0.15, 0.2) is 6.61 Å². The van der Waals surface area contributed by atoms with E-state index in [4.69, 9.17) is 4.74 Å². The lowest BCUT2D eigenvalue weighted by Gasteiger charge is -2.32. The van der Waals surface area contributed by atoms with Crippen LogP contribution in [0, 0.1) is 5.82 Å². The number of benzene rings is 1. The van der Waals surface area contributed by atoms with Crippen LogP contribution in [0.25, 0.3) is 0 Å². The molecule has 1 heterocycles. The second-order valence-electron chi connectivity index (χ2n) is 5.97. The van der Waals surface area contributed by atoms with E-state index in [2.05, 4.69) is 26.1 Å². The summed E-state index contributed by atoms with van der Waals surface area (Å²) in [5, 5.41) is 3.02. The molecule has 1 aromatic rings. The van der Waals surface area contributed by atoms with E-state index in [1.165, 1.54) is 31.0 Å². The van der Waals surface area contributed by atoms with Crippen LogP contribution >= 0.6 is 15.9 Å². The molecular formula is C16H20BrFN2O2. The Bertz CT molecular complexity index is 543. The first-order valence-electron chi connectivity index (χ1n) is 7.73. The molecule has 0 radical (unpaired) electrons. The van der Waals surface area contributed by atoms with Crippen LogP contribution in [0.2, 0.25) is 0 Å². The normalized spacial score (nSPS) is 19.9. The van der Waals surface area contributed by atoms with Gasteiger partial charge >= 0.3 is 0 Å². The van der Waals surface area contributed by atoms with Gasteiger partial charge in [0.2, 0.25) is 0 Å². The summed E-state index contributed by atoms with van der Waals surface area (Å²) in [4.78, 5) is 14.5. The molecule has 1 saturated carbocycles. The van der Waals surface area contributed by atoms with Gasteiger partial charge in [0.05, 0.1) is 4.47 Å². The minimum Gasteiger partial charge on any atom is -0.483 e. The molecule has 22 heavy (non-hydrogen) atoms. The zero-order chi connectivity index (χ0) is 15.5. The maximum absolute atomic E-state index is 13.0. The third-order valence-electron chi connectivity index (χ3n) is 4.21. The highest BCUT2D eigenvalue weighted by atomic mass is 79.9. The summed E-state index contributed by atoms with van der Waals surface area (Å²) in [7, 11) is 0. The largest absolute Gasteiger partial charge is 0.483 e. The van der Waals surface area contributed by atoms with E-state index in [9.17, 15) is 9.18 Å². The summed E-state index contributed by atoms with van der Waals surface area (Å²) < 4.78 is 18.9. The fourth-order valence-electron chi connectivity index (χ4n) is 2.85. The maximum atomic E-state index is 13.0. The first-order chi connectivity index (χ1) is 10.6. The first kappa shape index (κ1) is 15.7. The van der Waals surface area contributed by atoms with Gasteiger partial charge in [0, 0.05) is 25.2 Å². The quantitative estimate of drug-likeness (QED) is 0.866. The number of piperidine rings is 1. The summed E-state index contributed by atoms with van der Waals surface area (Å²) in [6.45, 7) is 2.09. The van der Waals surface area contributed by atoms with Crippen molar-refractivity contribution >= 4 is 21.8 Å². The zero-order valence-corrected chi connectivity index (χ0v) is 13.9. The Morgan fingerprint density at radius 2 is 2.05 bits per heavy atom. The van der Waals surface area contributed by atoms with Gasteiger partial charge in [-0.25, -0.2) is 4.39 Å². The number of carbonyl (C=O) groups excluding carboxylic acids is 1. The van der Waals surface area contributed by atoms with Crippen molar-refractivity contribution in [1.82, 2.24) is 10.2 Å². The predicted octanol–water partition coefficient (Wildman–Crippen LogP) is 2.71. The smallest absolute Gasteiger partial charge is 0.258 e. The van der Waals surface area contributed by atoms with Crippen LogP contribution in [0.3, 0.4) is 0 Å². The van der Waals surface area contributed by atoms with Crippen LogP contribution in [0.1, 0.15) is 25.7 Å². The Balaban J connectivity index is 1.40. The van der Waals surface area contributed by atoms with Crippen LogP contribution in [0.15, 0.2) is 22.7 Å². The van der Waals surface area contributed by atoms with Crippen LogP contribution in [-0.4, -0.2) is 42.6 Å². The number of amides is 1. The van der Waals surface area contributed by atoms with Crippen molar-refractivity contribution in [3.05, 3.63) is 28.5 Å². The van der Waals surface area contributed by atoms with Crippen LogP contribution < -0.4 is 10.1 Å². The van der Waals surface area contributed by atoms with Crippen molar-refractivity contribution in [2.45, 2.75) is 37.8 Å². The molecule has 3 rings (SSSR count). The molecule has 4 nitrogen and oxygen atoms in total. The number of ether oxygens (including phenoxy) is 1. The maximum Gasteiger partial charge on any atom is 0.258 e. The molecule has 0 aromatic heterocycles. The molecule has 1 N–H and O–H groups in total. The minimum absolute atomic E-state index is 0.0485. The average molecular weight is 371 g/mol. The SMILES string of the molecule is O=C(COc1ccc(F)cc1Br)NC1CCN(C2CC2)CC1. The third kappa shape index (κ3) is 4.20. The number of hydrogen-bond acceptors (Lipinski definition) is 3. The van der Waals surface area contributed by atoms with Gasteiger partial charge in [0.25, 0.3) is 5.91 Å². The molecule has 120 valence electrons. The second-order valence-corrected chi connectivity index (χ2v) is 6.83. The van der Waals surface area contributed by atoms with E-state index in [-0.39, 0.29) is 24.4 Å². The van der Waals surface area contributed by atoms with E-state index in [1.807, 2.05) is 0 Å². The topological polar surface area (TPSA) is 41.6 Å². The molecule has 1 saturated heterocycles. The van der Waals surface area contributed by atoms with Crippen molar-refractivity contribution in [3.63, 3.8) is 0 Å². The number of rotatable bonds is 5. The number of nitrogens with zero attached hydrogens (tertiary/aromatic N) is 1. The van der Waals surface area contributed by atoms with Gasteiger partial charge in [-0.3, -0.25) is 4.79 Å². The van der Waals surface area contributed by atoms with Crippen molar-refractivity contribution < 1.29 is 13.9 Å². The summed E-state index contributed by atoms with van der Waals surface area (Å²) in [6, 6.07) is 5.19. The molecule has 0 atom stereocenters. The standard InChI is InChI=1S/C16H20BrFN2O2/c17-14-9-11(18)1-4-15(14)22-10-16(21)19-12-5-7-20(8-6-12)13-2-3-13/h1,4,9,12-13H,2-3,5-8,10H2,(H,19,21). The molecule has 1 aromatic carbocycles. The fraction of sp³-hybridized carbons (Fsp3) is 0.562. The minimum atomic E-state index is -0.342. The molecule has 1 aliphatic heterocycles. The van der Waals surface area contributed by atoms with Gasteiger partial charge in [-0.1, -0.05) is 0 Å². The number of carbonyl (C=O) groups is 1. The zero-order valence-electron chi connectivity index (χ0n) is 12.4. The molecule has 2 fully saturated rings. The van der Waals surface area contributed by atoms with Crippen molar-refractivity contribution in [2.24, 2.45) is 0 Å². The van der Waals surface area contributed by atoms with Gasteiger partial charge in [0.1, 0.15) is 11.6 Å². The second kappa shape index (κ2) is 6.96. The van der Waals surface area contributed by atoms with Crippen LogP contribution in [0.4, 0.5) is 4.39 Å². The highest BCUT2D eigenvalue weighted by Gasteiger charge is 2.32. The third-order valence-corrected chi connectivity index (χ3v) is 4.83. The number of likely N-dealkylation sites (tertiary alicyclic amines) is 1. The number of hydrogen-bond donors (Lipinski definition) is 1. The lowest BCUT2D eigenvalue weighted by Crippen LogP contribution is -2.46. The van der Waals surface area contributed by atoms with E-state index in [1.54, 1.807) is 0 Å². The van der Waals surface area contributed by atoms with E-state index in [0.29, 0.717) is 10.2 Å². The monoisotopic (exact) mass is 370 g/mol. The van der Waals surface area contributed by atoms with Crippen LogP contribution in [0.5, 0.6) is 5.75 Å². The van der Waals surface area contributed by atoms with Crippen molar-refractivity contribution in [3.8, 4) is 5.75 Å². The first-order valence-corrected chi connectivity index (χ1v) is 8.52. The van der Waals surface area contributed by atoms with Gasteiger partial charge < -0.3 is 15.0 Å². The Labute approximate surface area is 138 Å². The highest BCUT2D eigenvalue weighted by Crippen LogP contribution is 2.29. The predicted molar refractivity (Wildman–Crippen MR) is 85.4 cm³/mol. The lowest BCUT2D eigenvalue weighted by molar-refractivity contribution is -0.124. The van der Waals surface area contributed by atoms with Gasteiger partial charge in [-0.15, -0.1) is 0 Å². The Hall–Kier alpha value is -1.14. The number of halogens is 2. The average Bonchev–Trinajstić information content (AvgIpc) is 3.32. The fourth-order valence-corrected chi connectivity index (χ4v) is 3.32. The summed E-state index contributed by atoms with van der Waals surface area (Å²) in [6.07, 6.45) is 4.67. The van der Waals surface area contributed by atoms with Gasteiger partial charge in [-0.2, -0.15) is 0 Å². The van der Waals surface area contributed by atoms with Crippen molar-refractivity contribution in [2.75, 3.05) is 19.7 Å². The van der Waals surface area contributed by atoms with E-state index < -0.39 is 0 Å². The number of nitrogens with one attached hydrogen (secondary N) is 1. The summed E-state index contributed by atoms with van der Waals surface area (Å²) in [5.74, 6) is 0.00676. The Kier molecular flexibility index (Phi) is 4.98. The molecule has 2 aliphatic rings. The Morgan fingerprint density at radius 3 is 2.68 bits per heavy atom. The van der Waals surface area contributed by atoms with E-state index >= 15 is 0 Å². The molecule has 1 aliphatic carbocycles. The molecule has 0 unspecified atom stereocenters. The van der Waals surface area contributed by atoms with Crippen molar-refractivity contribution in [1.29, 1.82) is 0 Å². The highest BCUT2D eigenvalue weighted by molar-refractivity contribution is 9.10. The van der Waals surface area contributed by atoms with Crippen LogP contribution in [-0.2, 0) is 4.79 Å². The summed E-state index contributed by atoms with van der Waals surface area (Å²) >= 11 is 3.22. The molecule has 1 amide bonds. The lowest BCUT2D eigenvalue weighted by atomic mass is 10.0.